The van der Waals surface area contributed by atoms with E-state index in [0.29, 0.717) is 6.42 Å². The Morgan fingerprint density at radius 2 is 2.33 bits per heavy atom. The van der Waals surface area contributed by atoms with Crippen molar-refractivity contribution < 1.29 is 4.79 Å². The van der Waals surface area contributed by atoms with Gasteiger partial charge in [-0.25, -0.2) is 0 Å². The molecular formula is C6H11NOS. The van der Waals surface area contributed by atoms with Crippen LogP contribution in [0.25, 0.3) is 0 Å². The Hall–Kier alpha value is -0.440. The van der Waals surface area contributed by atoms with Crippen molar-refractivity contribution >= 4 is 19.4 Å². The summed E-state index contributed by atoms with van der Waals surface area (Å²) >= 11 is 0. The summed E-state index contributed by atoms with van der Waals surface area (Å²) in [7, 11) is 0. The normalized spacial score (nSPS) is 17.3. The van der Waals surface area contributed by atoms with Crippen molar-refractivity contribution in [2.75, 3.05) is 6.54 Å². The summed E-state index contributed by atoms with van der Waals surface area (Å²) in [4.78, 5) is 12.3. The molecule has 0 aromatic carbocycles. The van der Waals surface area contributed by atoms with Crippen LogP contribution in [0, 0.1) is 0 Å². The first-order valence-corrected chi connectivity index (χ1v) is 2.76. The number of carbonyl (C=O) groups excluding carboxylic acids is 1. The van der Waals surface area contributed by atoms with Gasteiger partial charge in [0.1, 0.15) is 0 Å². The maximum absolute atomic E-state index is 10.7. The third-order valence-corrected chi connectivity index (χ3v) is 1.33. The quantitative estimate of drug-likeness (QED) is 0.536. The summed E-state index contributed by atoms with van der Waals surface area (Å²) in [5, 5.41) is 0. The average Bonchev–Trinajstić information content (AvgIpc) is 2.14. The van der Waals surface area contributed by atoms with Gasteiger partial charge in [0.25, 0.3) is 0 Å². The molecule has 0 N–H and O–H groups in total. The van der Waals surface area contributed by atoms with Crippen molar-refractivity contribution in [1.29, 1.82) is 0 Å². The molecule has 0 aliphatic carbocycles. The lowest BCUT2D eigenvalue weighted by molar-refractivity contribution is -0.125. The summed E-state index contributed by atoms with van der Waals surface area (Å²) in [5.74, 6) is 0.208. The summed E-state index contributed by atoms with van der Waals surface area (Å²) < 4.78 is 0. The van der Waals surface area contributed by atoms with Gasteiger partial charge < -0.3 is 4.90 Å². The molecule has 1 heterocycles. The van der Waals surface area contributed by atoms with Crippen molar-refractivity contribution in [2.45, 2.75) is 12.8 Å². The van der Waals surface area contributed by atoms with Crippen LogP contribution in [-0.2, 0) is 4.79 Å². The predicted octanol–water partition coefficient (Wildman–Crippen LogP) is 0.865. The van der Waals surface area contributed by atoms with E-state index >= 15 is 0 Å². The molecule has 0 aromatic rings. The van der Waals surface area contributed by atoms with Crippen LogP contribution in [0.2, 0.25) is 0 Å². The maximum atomic E-state index is 10.7. The van der Waals surface area contributed by atoms with Gasteiger partial charge in [-0.2, -0.15) is 13.5 Å². The van der Waals surface area contributed by atoms with Crippen LogP contribution >= 0.6 is 13.5 Å². The SMILES string of the molecule is C=CN1CCCC1=O.S. The second-order valence-electron chi connectivity index (χ2n) is 1.87. The Balaban J connectivity index is 0.000000640. The van der Waals surface area contributed by atoms with Crippen molar-refractivity contribution in [3.8, 4) is 0 Å². The first-order chi connectivity index (χ1) is 3.84. The van der Waals surface area contributed by atoms with E-state index in [4.69, 9.17) is 0 Å². The van der Waals surface area contributed by atoms with E-state index in [-0.39, 0.29) is 19.4 Å². The van der Waals surface area contributed by atoms with Gasteiger partial charge in [-0.3, -0.25) is 4.79 Å². The zero-order chi connectivity index (χ0) is 5.98. The van der Waals surface area contributed by atoms with E-state index in [0.717, 1.165) is 13.0 Å². The van der Waals surface area contributed by atoms with Crippen molar-refractivity contribution in [3.63, 3.8) is 0 Å². The molecule has 1 rings (SSSR count). The van der Waals surface area contributed by atoms with E-state index in [1.165, 1.54) is 0 Å². The maximum Gasteiger partial charge on any atom is 0.226 e. The van der Waals surface area contributed by atoms with E-state index in [9.17, 15) is 4.79 Å². The summed E-state index contributed by atoms with van der Waals surface area (Å²) in [6, 6.07) is 0. The molecule has 0 saturated carbocycles. The molecule has 3 heteroatoms. The summed E-state index contributed by atoms with van der Waals surface area (Å²) in [6.07, 6.45) is 3.28. The molecular weight excluding hydrogens is 134 g/mol. The fraction of sp³-hybridized carbons (Fsp3) is 0.500. The Kier molecular flexibility index (Phi) is 3.39. The van der Waals surface area contributed by atoms with E-state index < -0.39 is 0 Å². The Morgan fingerprint density at radius 3 is 2.56 bits per heavy atom. The second kappa shape index (κ2) is 3.56. The highest BCUT2D eigenvalue weighted by molar-refractivity contribution is 7.59. The molecule has 0 unspecified atom stereocenters. The Labute approximate surface area is 62.0 Å². The van der Waals surface area contributed by atoms with Crippen molar-refractivity contribution in [3.05, 3.63) is 12.8 Å². The lowest BCUT2D eigenvalue weighted by Gasteiger charge is -2.05. The van der Waals surface area contributed by atoms with Crippen LogP contribution in [0.1, 0.15) is 12.8 Å². The highest BCUT2D eigenvalue weighted by Crippen LogP contribution is 2.08. The highest BCUT2D eigenvalue weighted by atomic mass is 32.1. The zero-order valence-electron chi connectivity index (χ0n) is 5.26. The number of rotatable bonds is 1. The van der Waals surface area contributed by atoms with Gasteiger partial charge in [-0.05, 0) is 12.6 Å². The van der Waals surface area contributed by atoms with Gasteiger partial charge in [0, 0.05) is 13.0 Å². The first-order valence-electron chi connectivity index (χ1n) is 2.76. The van der Waals surface area contributed by atoms with Gasteiger partial charge >= 0.3 is 0 Å². The number of likely N-dealkylation sites (tertiary alicyclic amines) is 1. The second-order valence-corrected chi connectivity index (χ2v) is 1.87. The van der Waals surface area contributed by atoms with E-state index in [1.54, 1.807) is 11.1 Å². The third kappa shape index (κ3) is 1.75. The summed E-state index contributed by atoms with van der Waals surface area (Å²) in [6.45, 7) is 4.36. The molecule has 0 aromatic heterocycles. The molecule has 9 heavy (non-hydrogen) atoms. The molecule has 2 nitrogen and oxygen atoms in total. The van der Waals surface area contributed by atoms with E-state index in [1.807, 2.05) is 0 Å². The van der Waals surface area contributed by atoms with Gasteiger partial charge in [-0.1, -0.05) is 6.58 Å². The number of amides is 1. The minimum atomic E-state index is 0. The highest BCUT2D eigenvalue weighted by Gasteiger charge is 2.15. The third-order valence-electron chi connectivity index (χ3n) is 1.33. The molecule has 1 aliphatic rings. The fourth-order valence-corrected chi connectivity index (χ4v) is 0.862. The monoisotopic (exact) mass is 145 g/mol. The molecule has 1 saturated heterocycles. The topological polar surface area (TPSA) is 20.3 Å². The van der Waals surface area contributed by atoms with Crippen LogP contribution < -0.4 is 0 Å². The average molecular weight is 145 g/mol. The number of hydrogen-bond donors (Lipinski definition) is 0. The molecule has 1 aliphatic heterocycles. The molecule has 0 bridgehead atoms. The minimum Gasteiger partial charge on any atom is -0.320 e. The number of hydrogen-bond acceptors (Lipinski definition) is 1. The number of nitrogens with zero attached hydrogens (tertiary/aromatic N) is 1. The molecule has 1 fully saturated rings. The Bertz CT molecular complexity index is 124. The molecule has 0 spiro atoms. The zero-order valence-corrected chi connectivity index (χ0v) is 6.26. The number of carbonyl (C=O) groups is 1. The Morgan fingerprint density at radius 1 is 1.67 bits per heavy atom. The van der Waals surface area contributed by atoms with Gasteiger partial charge in [-0.15, -0.1) is 0 Å². The lowest BCUT2D eigenvalue weighted by atomic mass is 10.4. The standard InChI is InChI=1S/C6H9NO.H2S/c1-2-7-5-3-4-6(7)8;/h2H,1,3-5H2;1H2. The largest absolute Gasteiger partial charge is 0.320 e. The van der Waals surface area contributed by atoms with Gasteiger partial charge in [0.05, 0.1) is 0 Å². The fourth-order valence-electron chi connectivity index (χ4n) is 0.862. The molecule has 0 radical (unpaired) electrons. The van der Waals surface area contributed by atoms with E-state index in [2.05, 4.69) is 6.58 Å². The minimum absolute atomic E-state index is 0. The van der Waals surface area contributed by atoms with Crippen LogP contribution in [0.3, 0.4) is 0 Å². The molecule has 52 valence electrons. The predicted molar refractivity (Wildman–Crippen MR) is 41.5 cm³/mol. The first kappa shape index (κ1) is 8.56. The van der Waals surface area contributed by atoms with Gasteiger partial charge in [0.2, 0.25) is 5.91 Å². The van der Waals surface area contributed by atoms with Crippen molar-refractivity contribution in [2.24, 2.45) is 0 Å². The lowest BCUT2D eigenvalue weighted by Crippen LogP contribution is -2.16. The summed E-state index contributed by atoms with van der Waals surface area (Å²) in [5.41, 5.74) is 0. The molecule has 0 atom stereocenters. The smallest absolute Gasteiger partial charge is 0.226 e. The van der Waals surface area contributed by atoms with Crippen LogP contribution in [0.4, 0.5) is 0 Å². The van der Waals surface area contributed by atoms with Crippen molar-refractivity contribution in [1.82, 2.24) is 4.90 Å². The van der Waals surface area contributed by atoms with Crippen LogP contribution in [0.15, 0.2) is 12.8 Å². The van der Waals surface area contributed by atoms with Crippen LogP contribution in [0.5, 0.6) is 0 Å². The van der Waals surface area contributed by atoms with Crippen LogP contribution in [-0.4, -0.2) is 17.4 Å². The van der Waals surface area contributed by atoms with Gasteiger partial charge in [0.15, 0.2) is 0 Å². The molecule has 1 amide bonds.